The predicted octanol–water partition coefficient (Wildman–Crippen LogP) is 2.90. The summed E-state index contributed by atoms with van der Waals surface area (Å²) in [5.74, 6) is 0.158. The number of carbonyl (C=O) groups is 1. The van der Waals surface area contributed by atoms with E-state index in [1.807, 2.05) is 6.92 Å². The van der Waals surface area contributed by atoms with Crippen molar-refractivity contribution >= 4 is 22.4 Å². The molecule has 0 radical (unpaired) electrons. The Morgan fingerprint density at radius 1 is 1.36 bits per heavy atom. The van der Waals surface area contributed by atoms with Gasteiger partial charge in [-0.15, -0.1) is 11.3 Å². The minimum Gasteiger partial charge on any atom is -0.316 e. The van der Waals surface area contributed by atoms with E-state index in [0.717, 1.165) is 36.8 Å². The Hall–Kier alpha value is -1.72. The Morgan fingerprint density at radius 2 is 2.14 bits per heavy atom. The lowest BCUT2D eigenvalue weighted by atomic mass is 10.1. The number of aromatic nitrogens is 1. The Balaban J connectivity index is 1.67. The van der Waals surface area contributed by atoms with Gasteiger partial charge in [-0.25, -0.2) is 4.98 Å². The van der Waals surface area contributed by atoms with Crippen molar-refractivity contribution < 1.29 is 4.79 Å². The van der Waals surface area contributed by atoms with Gasteiger partial charge in [0.05, 0.1) is 11.6 Å². The van der Waals surface area contributed by atoms with E-state index in [1.165, 1.54) is 16.0 Å². The average molecular weight is 315 g/mol. The highest BCUT2D eigenvalue weighted by atomic mass is 32.1. The maximum atomic E-state index is 12.1. The molecule has 1 fully saturated rings. The van der Waals surface area contributed by atoms with Crippen molar-refractivity contribution in [3.05, 3.63) is 46.0 Å². The zero-order chi connectivity index (χ0) is 15.5. The monoisotopic (exact) mass is 315 g/mol. The molecule has 1 aliphatic heterocycles. The van der Waals surface area contributed by atoms with E-state index >= 15 is 0 Å². The van der Waals surface area contributed by atoms with Crippen LogP contribution < -0.4 is 10.6 Å². The van der Waals surface area contributed by atoms with Gasteiger partial charge in [-0.2, -0.15) is 0 Å². The molecular formula is C17H21N3OS. The fourth-order valence-corrected chi connectivity index (χ4v) is 3.62. The molecule has 116 valence electrons. The number of benzene rings is 1. The smallest absolute Gasteiger partial charge is 0.230 e. The first-order valence-electron chi connectivity index (χ1n) is 7.65. The Kier molecular flexibility index (Phi) is 4.55. The second-order valence-corrected chi connectivity index (χ2v) is 6.95. The maximum absolute atomic E-state index is 12.1. The molecule has 3 rings (SSSR count). The van der Waals surface area contributed by atoms with Crippen LogP contribution in [0.1, 0.15) is 28.1 Å². The molecule has 0 spiro atoms. The Bertz CT molecular complexity index is 657. The van der Waals surface area contributed by atoms with Gasteiger partial charge in [0.15, 0.2) is 5.13 Å². The first kappa shape index (κ1) is 15.2. The Morgan fingerprint density at radius 3 is 2.82 bits per heavy atom. The number of carbonyl (C=O) groups excluding carboxylic acids is 1. The van der Waals surface area contributed by atoms with Crippen LogP contribution in [0, 0.1) is 19.8 Å². The van der Waals surface area contributed by atoms with Crippen molar-refractivity contribution in [1.29, 1.82) is 0 Å². The van der Waals surface area contributed by atoms with Crippen molar-refractivity contribution in [1.82, 2.24) is 10.3 Å². The lowest BCUT2D eigenvalue weighted by Crippen LogP contribution is -2.24. The fraction of sp³-hybridized carbons (Fsp3) is 0.412. The van der Waals surface area contributed by atoms with Crippen LogP contribution in [0.5, 0.6) is 0 Å². The van der Waals surface area contributed by atoms with Crippen LogP contribution in [0.25, 0.3) is 0 Å². The van der Waals surface area contributed by atoms with Crippen molar-refractivity contribution in [3.63, 3.8) is 0 Å². The van der Waals surface area contributed by atoms with Gasteiger partial charge in [-0.05, 0) is 32.4 Å². The molecule has 1 unspecified atom stereocenters. The number of hydrogen-bond donors (Lipinski definition) is 2. The number of anilines is 1. The third-order valence-corrected chi connectivity index (χ3v) is 5.11. The standard InChI is InChI=1S/C17H21N3OS/c1-11-3-5-13(6-4-11)9-15-12(2)19-17(22-15)20-16(21)14-7-8-18-10-14/h3-6,14,18H,7-10H2,1-2H3,(H,19,20,21). The molecule has 2 aromatic rings. The second kappa shape index (κ2) is 6.58. The molecule has 0 bridgehead atoms. The van der Waals surface area contributed by atoms with E-state index in [2.05, 4.69) is 46.8 Å². The van der Waals surface area contributed by atoms with Gasteiger partial charge in [0.25, 0.3) is 0 Å². The van der Waals surface area contributed by atoms with Gasteiger partial charge in [-0.1, -0.05) is 29.8 Å². The molecule has 1 aromatic carbocycles. The third-order valence-electron chi connectivity index (χ3n) is 4.04. The van der Waals surface area contributed by atoms with Crippen LogP contribution in [-0.2, 0) is 11.2 Å². The summed E-state index contributed by atoms with van der Waals surface area (Å²) >= 11 is 1.58. The molecule has 2 N–H and O–H groups in total. The number of aryl methyl sites for hydroxylation is 2. The summed E-state index contributed by atoms with van der Waals surface area (Å²) in [6.45, 7) is 5.79. The molecule has 0 aliphatic carbocycles. The highest BCUT2D eigenvalue weighted by molar-refractivity contribution is 7.15. The van der Waals surface area contributed by atoms with Crippen LogP contribution >= 0.6 is 11.3 Å². The topological polar surface area (TPSA) is 54.0 Å². The van der Waals surface area contributed by atoms with Crippen molar-refractivity contribution in [2.75, 3.05) is 18.4 Å². The molecule has 1 aliphatic rings. The van der Waals surface area contributed by atoms with E-state index in [0.29, 0.717) is 0 Å². The molecule has 1 saturated heterocycles. The second-order valence-electron chi connectivity index (χ2n) is 5.87. The highest BCUT2D eigenvalue weighted by Gasteiger charge is 2.23. The fourth-order valence-electron chi connectivity index (χ4n) is 2.62. The number of thiazole rings is 1. The van der Waals surface area contributed by atoms with Gasteiger partial charge in [0.1, 0.15) is 0 Å². The lowest BCUT2D eigenvalue weighted by molar-refractivity contribution is -0.119. The van der Waals surface area contributed by atoms with E-state index in [-0.39, 0.29) is 11.8 Å². The molecule has 2 heterocycles. The molecular weight excluding hydrogens is 294 g/mol. The molecule has 1 atom stereocenters. The molecule has 1 aromatic heterocycles. The van der Waals surface area contributed by atoms with E-state index in [1.54, 1.807) is 11.3 Å². The first-order valence-corrected chi connectivity index (χ1v) is 8.47. The van der Waals surface area contributed by atoms with Crippen LogP contribution in [0.15, 0.2) is 24.3 Å². The van der Waals surface area contributed by atoms with Gasteiger partial charge in [-0.3, -0.25) is 4.79 Å². The molecule has 4 nitrogen and oxygen atoms in total. The number of nitrogens with zero attached hydrogens (tertiary/aromatic N) is 1. The number of nitrogens with one attached hydrogen (secondary N) is 2. The van der Waals surface area contributed by atoms with E-state index < -0.39 is 0 Å². The summed E-state index contributed by atoms with van der Waals surface area (Å²) in [4.78, 5) is 17.9. The quantitative estimate of drug-likeness (QED) is 0.912. The van der Waals surface area contributed by atoms with Gasteiger partial charge >= 0.3 is 0 Å². The SMILES string of the molecule is Cc1ccc(Cc2sc(NC(=O)C3CCNC3)nc2C)cc1. The summed E-state index contributed by atoms with van der Waals surface area (Å²) in [6, 6.07) is 8.55. The summed E-state index contributed by atoms with van der Waals surface area (Å²) < 4.78 is 0. The third kappa shape index (κ3) is 3.54. The molecule has 22 heavy (non-hydrogen) atoms. The number of amides is 1. The summed E-state index contributed by atoms with van der Waals surface area (Å²) in [6.07, 6.45) is 1.77. The molecule has 1 amide bonds. The summed E-state index contributed by atoms with van der Waals surface area (Å²) in [5, 5.41) is 6.90. The largest absolute Gasteiger partial charge is 0.316 e. The number of rotatable bonds is 4. The van der Waals surface area contributed by atoms with E-state index in [4.69, 9.17) is 0 Å². The maximum Gasteiger partial charge on any atom is 0.230 e. The highest BCUT2D eigenvalue weighted by Crippen LogP contribution is 2.26. The van der Waals surface area contributed by atoms with Crippen LogP contribution in [0.4, 0.5) is 5.13 Å². The van der Waals surface area contributed by atoms with Gasteiger partial charge < -0.3 is 10.6 Å². The normalized spacial score (nSPS) is 17.6. The number of hydrogen-bond acceptors (Lipinski definition) is 4. The summed E-state index contributed by atoms with van der Waals surface area (Å²) in [5.41, 5.74) is 3.54. The van der Waals surface area contributed by atoms with Crippen molar-refractivity contribution in [3.8, 4) is 0 Å². The lowest BCUT2D eigenvalue weighted by Gasteiger charge is -2.06. The first-order chi connectivity index (χ1) is 10.6. The van der Waals surface area contributed by atoms with Gasteiger partial charge in [0, 0.05) is 17.8 Å². The zero-order valence-corrected chi connectivity index (χ0v) is 13.8. The summed E-state index contributed by atoms with van der Waals surface area (Å²) in [7, 11) is 0. The average Bonchev–Trinajstić information content (AvgIpc) is 3.12. The van der Waals surface area contributed by atoms with Crippen molar-refractivity contribution in [2.24, 2.45) is 5.92 Å². The van der Waals surface area contributed by atoms with Crippen LogP contribution in [0.3, 0.4) is 0 Å². The predicted molar refractivity (Wildman–Crippen MR) is 90.4 cm³/mol. The zero-order valence-electron chi connectivity index (χ0n) is 13.0. The van der Waals surface area contributed by atoms with Crippen LogP contribution in [-0.4, -0.2) is 24.0 Å². The minimum atomic E-state index is 0.0738. The van der Waals surface area contributed by atoms with Crippen LogP contribution in [0.2, 0.25) is 0 Å². The molecule has 0 saturated carbocycles. The van der Waals surface area contributed by atoms with E-state index in [9.17, 15) is 4.79 Å². The van der Waals surface area contributed by atoms with Gasteiger partial charge in [0.2, 0.25) is 5.91 Å². The Labute approximate surface area is 135 Å². The van der Waals surface area contributed by atoms with Crippen molar-refractivity contribution in [2.45, 2.75) is 26.7 Å². The minimum absolute atomic E-state index is 0.0738. The molecule has 5 heteroatoms.